The predicted octanol–water partition coefficient (Wildman–Crippen LogP) is 2.32. The third-order valence-electron chi connectivity index (χ3n) is 3.87. The van der Waals surface area contributed by atoms with Crippen LogP contribution in [0.1, 0.15) is 12.8 Å². The molecule has 1 N–H and O–H groups in total. The van der Waals surface area contributed by atoms with Gasteiger partial charge in [-0.25, -0.2) is 4.99 Å². The molecule has 2 heterocycles. The van der Waals surface area contributed by atoms with E-state index in [0.717, 1.165) is 23.8 Å². The minimum atomic E-state index is -0.248. The summed E-state index contributed by atoms with van der Waals surface area (Å²) in [7, 11) is 0. The van der Waals surface area contributed by atoms with Crippen LogP contribution in [0.15, 0.2) is 41.4 Å². The summed E-state index contributed by atoms with van der Waals surface area (Å²) >= 11 is 0. The molecule has 4 nitrogen and oxygen atoms in total. The van der Waals surface area contributed by atoms with Gasteiger partial charge < -0.3 is 10.2 Å². The van der Waals surface area contributed by atoms with Crippen LogP contribution >= 0.6 is 0 Å². The summed E-state index contributed by atoms with van der Waals surface area (Å²) in [5.74, 6) is 0.680. The molecular formula is C15H15N3O. The maximum atomic E-state index is 12.3. The Labute approximate surface area is 111 Å². The first kappa shape index (κ1) is 10.8. The van der Waals surface area contributed by atoms with Crippen LogP contribution in [0.2, 0.25) is 0 Å². The molecule has 4 rings (SSSR count). The van der Waals surface area contributed by atoms with Crippen molar-refractivity contribution in [1.29, 1.82) is 0 Å². The molecule has 0 bridgehead atoms. The fraction of sp³-hybridized carbons (Fsp3) is 0.333. The van der Waals surface area contributed by atoms with E-state index in [1.165, 1.54) is 12.8 Å². The van der Waals surface area contributed by atoms with Gasteiger partial charge in [0.25, 0.3) is 0 Å². The van der Waals surface area contributed by atoms with Crippen LogP contribution in [-0.4, -0.2) is 29.2 Å². The van der Waals surface area contributed by atoms with Gasteiger partial charge in [-0.05, 0) is 25.0 Å². The van der Waals surface area contributed by atoms with E-state index >= 15 is 0 Å². The van der Waals surface area contributed by atoms with E-state index < -0.39 is 0 Å². The van der Waals surface area contributed by atoms with Crippen molar-refractivity contribution in [1.82, 2.24) is 4.90 Å². The van der Waals surface area contributed by atoms with E-state index in [1.54, 1.807) is 0 Å². The van der Waals surface area contributed by atoms with E-state index in [2.05, 4.69) is 16.3 Å². The number of benzene rings is 1. The van der Waals surface area contributed by atoms with Crippen molar-refractivity contribution < 1.29 is 4.79 Å². The number of fused-ring (bicyclic) bond motifs is 2. The maximum absolute atomic E-state index is 12.3. The number of nitrogens with one attached hydrogen (secondary N) is 1. The first-order valence-electron chi connectivity index (χ1n) is 6.75. The molecule has 0 radical (unpaired) electrons. The van der Waals surface area contributed by atoms with Gasteiger partial charge in [0.15, 0.2) is 0 Å². The highest BCUT2D eigenvalue weighted by Crippen LogP contribution is 2.35. The van der Waals surface area contributed by atoms with E-state index in [-0.39, 0.29) is 11.8 Å². The molecule has 1 unspecified atom stereocenters. The van der Waals surface area contributed by atoms with Gasteiger partial charge >= 0.3 is 0 Å². The smallest absolute Gasteiger partial charge is 0.239 e. The van der Waals surface area contributed by atoms with E-state index in [4.69, 9.17) is 4.99 Å². The normalized spacial score (nSPS) is 25.1. The van der Waals surface area contributed by atoms with Gasteiger partial charge in [0, 0.05) is 12.6 Å². The van der Waals surface area contributed by atoms with E-state index in [9.17, 15) is 4.79 Å². The number of rotatable bonds is 1. The first-order chi connectivity index (χ1) is 9.33. The van der Waals surface area contributed by atoms with Gasteiger partial charge in [-0.15, -0.1) is 0 Å². The van der Waals surface area contributed by atoms with Gasteiger partial charge in [0.1, 0.15) is 11.8 Å². The Balaban J connectivity index is 1.84. The summed E-state index contributed by atoms with van der Waals surface area (Å²) in [4.78, 5) is 19.4. The predicted molar refractivity (Wildman–Crippen MR) is 74.5 cm³/mol. The summed E-state index contributed by atoms with van der Waals surface area (Å²) in [6.07, 6.45) is 6.47. The molecule has 1 amide bonds. The fourth-order valence-corrected chi connectivity index (χ4v) is 2.74. The summed E-state index contributed by atoms with van der Waals surface area (Å²) < 4.78 is 0. The van der Waals surface area contributed by atoms with E-state index in [0.29, 0.717) is 6.04 Å². The number of carbonyl (C=O) groups is 1. The molecule has 1 saturated carbocycles. The second kappa shape index (κ2) is 3.95. The molecule has 1 atom stereocenters. The van der Waals surface area contributed by atoms with Crippen LogP contribution in [0, 0.1) is 5.92 Å². The summed E-state index contributed by atoms with van der Waals surface area (Å²) in [5, 5.41) is 2.97. The monoisotopic (exact) mass is 253 g/mol. The highest BCUT2D eigenvalue weighted by molar-refractivity contribution is 6.14. The van der Waals surface area contributed by atoms with Crippen molar-refractivity contribution in [2.75, 3.05) is 11.9 Å². The standard InChI is InChI=1S/C15H15N3O/c19-15-11-4-3-9-18(10-7-8-10)14(11)16-12-5-1-2-6-13(12)17-15/h1-6,10-11H,7-9H2,(H,17,19). The number of aliphatic imine (C=N–C) groups is 1. The molecular weight excluding hydrogens is 238 g/mol. The molecule has 0 aromatic heterocycles. The number of amidine groups is 1. The number of hydrogen-bond acceptors (Lipinski definition) is 3. The molecule has 4 heteroatoms. The second-order valence-electron chi connectivity index (χ2n) is 5.27. The van der Waals surface area contributed by atoms with Gasteiger partial charge in [0.05, 0.1) is 11.4 Å². The average molecular weight is 253 g/mol. The zero-order chi connectivity index (χ0) is 12.8. The van der Waals surface area contributed by atoms with E-state index in [1.807, 2.05) is 30.3 Å². The lowest BCUT2D eigenvalue weighted by Crippen LogP contribution is -2.43. The number of nitrogens with zero attached hydrogens (tertiary/aromatic N) is 2. The van der Waals surface area contributed by atoms with Crippen molar-refractivity contribution in [2.24, 2.45) is 10.9 Å². The summed E-state index contributed by atoms with van der Waals surface area (Å²) in [6, 6.07) is 8.30. The van der Waals surface area contributed by atoms with Crippen LogP contribution in [0.3, 0.4) is 0 Å². The molecule has 0 spiro atoms. The quantitative estimate of drug-likeness (QED) is 0.781. The number of hydrogen-bond donors (Lipinski definition) is 1. The van der Waals surface area contributed by atoms with Gasteiger partial charge in [-0.1, -0.05) is 24.3 Å². The lowest BCUT2D eigenvalue weighted by atomic mass is 10.0. The fourth-order valence-electron chi connectivity index (χ4n) is 2.74. The average Bonchev–Trinajstić information content (AvgIpc) is 3.25. The van der Waals surface area contributed by atoms with Crippen molar-refractivity contribution in [3.63, 3.8) is 0 Å². The zero-order valence-electron chi connectivity index (χ0n) is 10.5. The first-order valence-corrected chi connectivity index (χ1v) is 6.75. The number of amides is 1. The third kappa shape index (κ3) is 1.75. The highest BCUT2D eigenvalue weighted by atomic mass is 16.2. The molecule has 1 aromatic carbocycles. The number of anilines is 1. The molecule has 1 aliphatic carbocycles. The summed E-state index contributed by atoms with van der Waals surface area (Å²) in [5.41, 5.74) is 1.66. The van der Waals surface area contributed by atoms with Gasteiger partial charge in [0.2, 0.25) is 5.91 Å². The molecule has 3 aliphatic rings. The molecule has 2 aliphatic heterocycles. The number of carbonyl (C=O) groups excluding carboxylic acids is 1. The Kier molecular flexibility index (Phi) is 2.24. The topological polar surface area (TPSA) is 44.7 Å². The van der Waals surface area contributed by atoms with Gasteiger partial charge in [-0.3, -0.25) is 4.79 Å². The minimum Gasteiger partial charge on any atom is -0.352 e. The Morgan fingerprint density at radius 2 is 2.11 bits per heavy atom. The Bertz CT molecular complexity index is 601. The summed E-state index contributed by atoms with van der Waals surface area (Å²) in [6.45, 7) is 0.870. The largest absolute Gasteiger partial charge is 0.352 e. The Hall–Kier alpha value is -2.10. The SMILES string of the molecule is O=C1Nc2ccccc2N=C2C1C=CCN2C1CC1. The molecule has 0 saturated heterocycles. The number of para-hydroxylation sites is 2. The second-order valence-corrected chi connectivity index (χ2v) is 5.27. The lowest BCUT2D eigenvalue weighted by molar-refractivity contribution is -0.117. The van der Waals surface area contributed by atoms with Crippen LogP contribution in [-0.2, 0) is 4.79 Å². The Morgan fingerprint density at radius 1 is 1.26 bits per heavy atom. The molecule has 96 valence electrons. The van der Waals surface area contributed by atoms with Gasteiger partial charge in [-0.2, -0.15) is 0 Å². The lowest BCUT2D eigenvalue weighted by Gasteiger charge is -2.30. The minimum absolute atomic E-state index is 0.0188. The van der Waals surface area contributed by atoms with Crippen molar-refractivity contribution in [2.45, 2.75) is 18.9 Å². The van der Waals surface area contributed by atoms with Crippen molar-refractivity contribution in [3.05, 3.63) is 36.4 Å². The zero-order valence-corrected chi connectivity index (χ0v) is 10.5. The van der Waals surface area contributed by atoms with Crippen molar-refractivity contribution >= 4 is 23.1 Å². The third-order valence-corrected chi connectivity index (χ3v) is 3.87. The van der Waals surface area contributed by atoms with Crippen molar-refractivity contribution in [3.8, 4) is 0 Å². The molecule has 19 heavy (non-hydrogen) atoms. The molecule has 1 fully saturated rings. The van der Waals surface area contributed by atoms with Crippen LogP contribution < -0.4 is 5.32 Å². The Morgan fingerprint density at radius 3 is 2.95 bits per heavy atom. The van der Waals surface area contributed by atoms with Crippen LogP contribution in [0.25, 0.3) is 0 Å². The van der Waals surface area contributed by atoms with Crippen LogP contribution in [0.5, 0.6) is 0 Å². The maximum Gasteiger partial charge on any atom is 0.239 e. The highest BCUT2D eigenvalue weighted by Gasteiger charge is 2.38. The molecule has 1 aromatic rings. The van der Waals surface area contributed by atoms with Crippen LogP contribution in [0.4, 0.5) is 11.4 Å².